The average Bonchev–Trinajstić information content (AvgIpc) is 1.99. The number of carbonyl (C=O) groups is 1. The van der Waals surface area contributed by atoms with Gasteiger partial charge in [-0.3, -0.25) is 4.79 Å². The molecule has 4 saturated carbocycles. The first-order chi connectivity index (χ1) is 7.67. The van der Waals surface area contributed by atoms with Gasteiger partial charge in [-0.25, -0.2) is 0 Å². The number of ether oxygens (including phenoxy) is 1. The van der Waals surface area contributed by atoms with Crippen LogP contribution < -0.4 is 0 Å². The summed E-state index contributed by atoms with van der Waals surface area (Å²) in [6, 6.07) is 0. The van der Waals surface area contributed by atoms with Crippen molar-refractivity contribution < 1.29 is 9.53 Å². The first kappa shape index (κ1) is 9.64. The Bertz CT molecular complexity index is 319. The molecule has 0 aromatic rings. The highest BCUT2D eigenvalue weighted by Gasteiger charge is 2.55. The second-order valence-corrected chi connectivity index (χ2v) is 6.94. The molecule has 0 heterocycles. The van der Waals surface area contributed by atoms with Gasteiger partial charge in [-0.15, -0.1) is 0 Å². The van der Waals surface area contributed by atoms with Crippen LogP contribution in [-0.2, 0) is 9.53 Å². The average molecular weight is 220 g/mol. The molecule has 4 rings (SSSR count). The molecule has 2 nitrogen and oxygen atoms in total. The monoisotopic (exact) mass is 220 g/mol. The second-order valence-electron chi connectivity index (χ2n) is 6.94. The summed E-state index contributed by atoms with van der Waals surface area (Å²) in [5, 5.41) is 0. The molecular formula is C14H20O2. The predicted octanol–water partition coefficient (Wildman–Crippen LogP) is 2.85. The Balaban J connectivity index is 1.22. The van der Waals surface area contributed by atoms with Crippen molar-refractivity contribution in [1.29, 1.82) is 0 Å². The molecular weight excluding hydrogens is 200 g/mol. The van der Waals surface area contributed by atoms with E-state index in [0.717, 1.165) is 18.3 Å². The largest absolute Gasteiger partial charge is 0.375 e. The van der Waals surface area contributed by atoms with Crippen LogP contribution in [0.3, 0.4) is 0 Å². The fourth-order valence-electron chi connectivity index (χ4n) is 4.44. The molecule has 0 unspecified atom stereocenters. The Hall–Kier alpha value is -0.370. The van der Waals surface area contributed by atoms with Gasteiger partial charge in [0.1, 0.15) is 5.78 Å². The lowest BCUT2D eigenvalue weighted by Gasteiger charge is -2.58. The van der Waals surface area contributed by atoms with E-state index in [9.17, 15) is 4.79 Å². The number of rotatable bonds is 2. The second kappa shape index (κ2) is 2.90. The lowest BCUT2D eigenvalue weighted by atomic mass is 9.53. The summed E-state index contributed by atoms with van der Waals surface area (Å²) in [5.74, 6) is 0.468. The van der Waals surface area contributed by atoms with E-state index >= 15 is 0 Å². The maximum absolute atomic E-state index is 11.0. The smallest absolute Gasteiger partial charge is 0.134 e. The fraction of sp³-hybridized carbons (Fsp3) is 0.929. The first-order valence-corrected chi connectivity index (χ1v) is 6.84. The van der Waals surface area contributed by atoms with Crippen LogP contribution in [0.4, 0.5) is 0 Å². The maximum Gasteiger partial charge on any atom is 0.134 e. The summed E-state index contributed by atoms with van der Waals surface area (Å²) in [6.07, 6.45) is 12.1. The van der Waals surface area contributed by atoms with E-state index < -0.39 is 0 Å². The molecule has 0 aliphatic heterocycles. The van der Waals surface area contributed by atoms with Crippen LogP contribution >= 0.6 is 0 Å². The molecule has 0 saturated heterocycles. The Morgan fingerprint density at radius 1 is 0.938 bits per heavy atom. The van der Waals surface area contributed by atoms with Crippen molar-refractivity contribution in [2.45, 2.75) is 70.0 Å². The Kier molecular flexibility index (Phi) is 1.75. The van der Waals surface area contributed by atoms with E-state index in [2.05, 4.69) is 0 Å². The highest BCUT2D eigenvalue weighted by Crippen LogP contribution is 2.59. The van der Waals surface area contributed by atoms with Gasteiger partial charge in [0.25, 0.3) is 0 Å². The van der Waals surface area contributed by atoms with Crippen molar-refractivity contribution in [2.75, 3.05) is 0 Å². The van der Waals surface area contributed by atoms with Crippen molar-refractivity contribution in [1.82, 2.24) is 0 Å². The van der Waals surface area contributed by atoms with E-state index in [1.54, 1.807) is 0 Å². The molecule has 0 aromatic carbocycles. The summed E-state index contributed by atoms with van der Waals surface area (Å²) in [6.45, 7) is 0. The fourth-order valence-corrected chi connectivity index (χ4v) is 4.44. The van der Waals surface area contributed by atoms with Crippen LogP contribution in [0.25, 0.3) is 0 Å². The zero-order valence-corrected chi connectivity index (χ0v) is 9.84. The third-order valence-electron chi connectivity index (χ3n) is 5.59. The highest BCUT2D eigenvalue weighted by atomic mass is 16.5. The van der Waals surface area contributed by atoms with Crippen LogP contribution in [0, 0.1) is 10.8 Å². The molecule has 0 atom stereocenters. The topological polar surface area (TPSA) is 26.3 Å². The molecule has 2 heteroatoms. The SMILES string of the molecule is O=C1CC2(C1)CC(OC1CC3(CCC3)C1)C2. The van der Waals surface area contributed by atoms with E-state index in [0.29, 0.717) is 23.4 Å². The zero-order chi connectivity index (χ0) is 10.8. The van der Waals surface area contributed by atoms with Crippen molar-refractivity contribution in [3.05, 3.63) is 0 Å². The summed E-state index contributed by atoms with van der Waals surface area (Å²) < 4.78 is 6.11. The number of hydrogen-bond acceptors (Lipinski definition) is 2. The van der Waals surface area contributed by atoms with Gasteiger partial charge in [-0.1, -0.05) is 6.42 Å². The number of Topliss-reactive ketones (excluding diaryl/α,β-unsaturated/α-hetero) is 1. The van der Waals surface area contributed by atoms with Crippen molar-refractivity contribution in [2.24, 2.45) is 10.8 Å². The third-order valence-corrected chi connectivity index (χ3v) is 5.59. The number of ketones is 1. The van der Waals surface area contributed by atoms with Crippen molar-refractivity contribution >= 4 is 5.78 Å². The van der Waals surface area contributed by atoms with E-state index in [1.807, 2.05) is 0 Å². The molecule has 0 aromatic heterocycles. The molecule has 4 aliphatic carbocycles. The van der Waals surface area contributed by atoms with Gasteiger partial charge in [0.15, 0.2) is 0 Å². The Labute approximate surface area is 96.7 Å². The summed E-state index contributed by atoms with van der Waals surface area (Å²) >= 11 is 0. The van der Waals surface area contributed by atoms with Crippen molar-refractivity contribution in [3.63, 3.8) is 0 Å². The number of hydrogen-bond donors (Lipinski definition) is 0. The van der Waals surface area contributed by atoms with Crippen LogP contribution in [0.1, 0.15) is 57.8 Å². The van der Waals surface area contributed by atoms with Gasteiger partial charge in [-0.05, 0) is 49.4 Å². The van der Waals surface area contributed by atoms with Gasteiger partial charge in [0.2, 0.25) is 0 Å². The standard InChI is InChI=1S/C14H20O2/c15-10-4-14(5-10)8-12(9-14)16-11-6-13(7-11)2-1-3-13/h11-12H,1-9H2. The molecule has 16 heavy (non-hydrogen) atoms. The zero-order valence-electron chi connectivity index (χ0n) is 9.84. The van der Waals surface area contributed by atoms with Gasteiger partial charge >= 0.3 is 0 Å². The van der Waals surface area contributed by atoms with E-state index in [1.165, 1.54) is 44.9 Å². The third kappa shape index (κ3) is 1.25. The number of carbonyl (C=O) groups excluding carboxylic acids is 1. The lowest BCUT2D eigenvalue weighted by molar-refractivity contribution is -0.196. The van der Waals surface area contributed by atoms with Gasteiger partial charge in [-0.2, -0.15) is 0 Å². The Morgan fingerprint density at radius 2 is 1.50 bits per heavy atom. The quantitative estimate of drug-likeness (QED) is 0.715. The summed E-state index contributed by atoms with van der Waals surface area (Å²) in [4.78, 5) is 11.0. The summed E-state index contributed by atoms with van der Waals surface area (Å²) in [7, 11) is 0. The summed E-state index contributed by atoms with van der Waals surface area (Å²) in [5.41, 5.74) is 1.15. The molecule has 0 amide bonds. The Morgan fingerprint density at radius 3 is 1.94 bits per heavy atom. The molecule has 0 N–H and O–H groups in total. The molecule has 4 aliphatic rings. The molecule has 0 radical (unpaired) electrons. The minimum Gasteiger partial charge on any atom is -0.375 e. The maximum atomic E-state index is 11.0. The molecule has 4 fully saturated rings. The van der Waals surface area contributed by atoms with Crippen LogP contribution in [0.5, 0.6) is 0 Å². The van der Waals surface area contributed by atoms with Gasteiger partial charge in [0, 0.05) is 12.8 Å². The van der Waals surface area contributed by atoms with Crippen LogP contribution in [0.2, 0.25) is 0 Å². The van der Waals surface area contributed by atoms with E-state index in [-0.39, 0.29) is 0 Å². The van der Waals surface area contributed by atoms with Crippen LogP contribution in [0.15, 0.2) is 0 Å². The van der Waals surface area contributed by atoms with Gasteiger partial charge in [0.05, 0.1) is 12.2 Å². The highest BCUT2D eigenvalue weighted by molar-refractivity contribution is 5.86. The molecule has 2 spiro atoms. The minimum absolute atomic E-state index is 0.416. The first-order valence-electron chi connectivity index (χ1n) is 6.84. The normalized spacial score (nSPS) is 38.8. The van der Waals surface area contributed by atoms with Crippen molar-refractivity contribution in [3.8, 4) is 0 Å². The van der Waals surface area contributed by atoms with E-state index in [4.69, 9.17) is 4.74 Å². The minimum atomic E-state index is 0.416. The van der Waals surface area contributed by atoms with Gasteiger partial charge < -0.3 is 4.74 Å². The molecule has 88 valence electrons. The molecule has 0 bridgehead atoms. The lowest BCUT2D eigenvalue weighted by Crippen LogP contribution is -2.55. The van der Waals surface area contributed by atoms with Crippen LogP contribution in [-0.4, -0.2) is 18.0 Å². The predicted molar refractivity (Wildman–Crippen MR) is 60.1 cm³/mol.